The molecule has 1 aromatic carbocycles. The summed E-state index contributed by atoms with van der Waals surface area (Å²) in [4.78, 5) is 46.1. The van der Waals surface area contributed by atoms with E-state index in [1.807, 2.05) is 6.92 Å². The number of halogens is 1. The Kier molecular flexibility index (Phi) is 4.83. The van der Waals surface area contributed by atoms with Crippen molar-refractivity contribution in [3.8, 4) is 11.3 Å². The Morgan fingerprint density at radius 2 is 1.87 bits per heavy atom. The zero-order valence-electron chi connectivity index (χ0n) is 16.3. The molecule has 150 valence electrons. The first-order valence-electron chi connectivity index (χ1n) is 9.17. The van der Waals surface area contributed by atoms with E-state index in [1.165, 1.54) is 25.5 Å². The van der Waals surface area contributed by atoms with Gasteiger partial charge in [0.25, 0.3) is 11.8 Å². The number of pyridine rings is 2. The second kappa shape index (κ2) is 7.47. The third-order valence-corrected chi connectivity index (χ3v) is 4.84. The standard InChI is InChI=1S/C22H17FN4O3/c1-12-7-14(20-16(8-12)21(29)27(2)22(20)30)9-19(28)26-15-4-5-17(24-11-15)13-3-6-18(23)25-10-13/h3-8,10-11H,9H2,1-2H3,(H,26,28). The molecule has 3 aromatic rings. The first kappa shape index (κ1) is 19.4. The van der Waals surface area contributed by atoms with E-state index in [4.69, 9.17) is 0 Å². The van der Waals surface area contributed by atoms with Crippen molar-refractivity contribution in [2.75, 3.05) is 12.4 Å². The fourth-order valence-electron chi connectivity index (χ4n) is 3.41. The van der Waals surface area contributed by atoms with Crippen molar-refractivity contribution in [1.29, 1.82) is 0 Å². The average molecular weight is 404 g/mol. The molecule has 4 rings (SSSR count). The van der Waals surface area contributed by atoms with Crippen molar-refractivity contribution in [1.82, 2.24) is 14.9 Å². The van der Waals surface area contributed by atoms with Crippen LogP contribution in [0.4, 0.5) is 10.1 Å². The van der Waals surface area contributed by atoms with Crippen LogP contribution in [-0.2, 0) is 11.2 Å². The number of carbonyl (C=O) groups excluding carboxylic acids is 3. The molecule has 1 aliphatic heterocycles. The molecule has 3 heterocycles. The van der Waals surface area contributed by atoms with Gasteiger partial charge in [-0.25, -0.2) is 4.98 Å². The van der Waals surface area contributed by atoms with Gasteiger partial charge in [-0.3, -0.25) is 24.3 Å². The Balaban J connectivity index is 1.51. The summed E-state index contributed by atoms with van der Waals surface area (Å²) in [6, 6.07) is 9.57. The molecule has 0 atom stereocenters. The van der Waals surface area contributed by atoms with Gasteiger partial charge in [0.05, 0.1) is 35.1 Å². The number of fused-ring (bicyclic) bond motifs is 1. The van der Waals surface area contributed by atoms with Gasteiger partial charge in [-0.05, 0) is 48.4 Å². The molecule has 1 N–H and O–H groups in total. The SMILES string of the molecule is Cc1cc(CC(=O)Nc2ccc(-c3ccc(F)nc3)nc2)c2c(c1)C(=O)N(C)C2=O. The van der Waals surface area contributed by atoms with Crippen molar-refractivity contribution >= 4 is 23.4 Å². The number of aromatic nitrogens is 2. The average Bonchev–Trinajstić information content (AvgIpc) is 2.93. The predicted octanol–water partition coefficient (Wildman–Crippen LogP) is 3.00. The van der Waals surface area contributed by atoms with E-state index in [9.17, 15) is 18.8 Å². The van der Waals surface area contributed by atoms with E-state index in [-0.39, 0.29) is 23.8 Å². The molecule has 0 radical (unpaired) electrons. The predicted molar refractivity (Wildman–Crippen MR) is 107 cm³/mol. The summed E-state index contributed by atoms with van der Waals surface area (Å²) in [6.07, 6.45) is 2.81. The van der Waals surface area contributed by atoms with Gasteiger partial charge in [0.15, 0.2) is 0 Å². The van der Waals surface area contributed by atoms with Crippen molar-refractivity contribution in [3.05, 3.63) is 77.0 Å². The molecule has 0 fully saturated rings. The van der Waals surface area contributed by atoms with Crippen LogP contribution >= 0.6 is 0 Å². The number of aryl methyl sites for hydroxylation is 1. The number of anilines is 1. The van der Waals surface area contributed by atoms with Gasteiger partial charge in [0.1, 0.15) is 0 Å². The van der Waals surface area contributed by atoms with E-state index >= 15 is 0 Å². The fourth-order valence-corrected chi connectivity index (χ4v) is 3.41. The Hall–Kier alpha value is -3.94. The highest BCUT2D eigenvalue weighted by Crippen LogP contribution is 2.27. The van der Waals surface area contributed by atoms with Crippen LogP contribution in [0.5, 0.6) is 0 Å². The van der Waals surface area contributed by atoms with E-state index in [1.54, 1.807) is 30.3 Å². The Bertz CT molecular complexity index is 1170. The topological polar surface area (TPSA) is 92.3 Å². The first-order chi connectivity index (χ1) is 14.3. The van der Waals surface area contributed by atoms with Crippen LogP contribution in [0.15, 0.2) is 48.8 Å². The number of imide groups is 1. The molecule has 0 spiro atoms. The number of amides is 3. The Labute approximate surface area is 171 Å². The summed E-state index contributed by atoms with van der Waals surface area (Å²) in [6.45, 7) is 1.81. The normalized spacial score (nSPS) is 12.8. The highest BCUT2D eigenvalue weighted by molar-refractivity contribution is 6.22. The van der Waals surface area contributed by atoms with Gasteiger partial charge in [0.2, 0.25) is 11.9 Å². The van der Waals surface area contributed by atoms with Crippen molar-refractivity contribution in [2.45, 2.75) is 13.3 Å². The van der Waals surface area contributed by atoms with Gasteiger partial charge in [-0.2, -0.15) is 4.39 Å². The molecule has 3 amide bonds. The van der Waals surface area contributed by atoms with Crippen LogP contribution in [0.25, 0.3) is 11.3 Å². The molecule has 1 aliphatic rings. The largest absolute Gasteiger partial charge is 0.324 e. The van der Waals surface area contributed by atoms with Crippen molar-refractivity contribution in [3.63, 3.8) is 0 Å². The molecule has 0 saturated carbocycles. The molecule has 0 aliphatic carbocycles. The van der Waals surface area contributed by atoms with Gasteiger partial charge < -0.3 is 5.32 Å². The summed E-state index contributed by atoms with van der Waals surface area (Å²) in [5.74, 6) is -1.68. The lowest BCUT2D eigenvalue weighted by atomic mass is 9.97. The maximum atomic E-state index is 12.9. The smallest absolute Gasteiger partial charge is 0.261 e. The van der Waals surface area contributed by atoms with E-state index < -0.39 is 11.9 Å². The van der Waals surface area contributed by atoms with Crippen LogP contribution in [0, 0.1) is 12.9 Å². The number of rotatable bonds is 4. The summed E-state index contributed by atoms with van der Waals surface area (Å²) >= 11 is 0. The van der Waals surface area contributed by atoms with E-state index in [0.717, 1.165) is 10.5 Å². The summed E-state index contributed by atoms with van der Waals surface area (Å²) in [5.41, 5.74) is 3.62. The van der Waals surface area contributed by atoms with E-state index in [0.29, 0.717) is 28.1 Å². The zero-order valence-corrected chi connectivity index (χ0v) is 16.3. The van der Waals surface area contributed by atoms with Crippen molar-refractivity contribution < 1.29 is 18.8 Å². The Morgan fingerprint density at radius 1 is 1.07 bits per heavy atom. The lowest BCUT2D eigenvalue weighted by molar-refractivity contribution is -0.115. The maximum absolute atomic E-state index is 12.9. The molecule has 7 nitrogen and oxygen atoms in total. The monoisotopic (exact) mass is 404 g/mol. The van der Waals surface area contributed by atoms with Gasteiger partial charge in [0, 0.05) is 18.8 Å². The number of hydrogen-bond donors (Lipinski definition) is 1. The molecule has 0 unspecified atom stereocenters. The number of nitrogens with one attached hydrogen (secondary N) is 1. The fraction of sp³-hybridized carbons (Fsp3) is 0.136. The molecular formula is C22H17FN4O3. The minimum atomic E-state index is -0.573. The highest BCUT2D eigenvalue weighted by atomic mass is 19.1. The minimum absolute atomic E-state index is 0.0551. The summed E-state index contributed by atoms with van der Waals surface area (Å²) in [5, 5.41) is 2.74. The van der Waals surface area contributed by atoms with Crippen LogP contribution < -0.4 is 5.32 Å². The number of hydrogen-bond acceptors (Lipinski definition) is 5. The summed E-state index contributed by atoms with van der Waals surface area (Å²) in [7, 11) is 1.42. The first-order valence-corrected chi connectivity index (χ1v) is 9.17. The molecule has 2 aromatic heterocycles. The third kappa shape index (κ3) is 3.55. The van der Waals surface area contributed by atoms with Crippen LogP contribution in [-0.4, -0.2) is 39.6 Å². The van der Waals surface area contributed by atoms with Crippen molar-refractivity contribution in [2.24, 2.45) is 0 Å². The lowest BCUT2D eigenvalue weighted by Crippen LogP contribution is -2.24. The molecule has 30 heavy (non-hydrogen) atoms. The number of benzene rings is 1. The van der Waals surface area contributed by atoms with Crippen LogP contribution in [0.2, 0.25) is 0 Å². The van der Waals surface area contributed by atoms with E-state index in [2.05, 4.69) is 15.3 Å². The molecule has 0 bridgehead atoms. The minimum Gasteiger partial charge on any atom is -0.324 e. The summed E-state index contributed by atoms with van der Waals surface area (Å²) < 4.78 is 12.9. The van der Waals surface area contributed by atoms with Crippen LogP contribution in [0.1, 0.15) is 31.8 Å². The zero-order chi connectivity index (χ0) is 21.4. The quantitative estimate of drug-likeness (QED) is 0.533. The highest BCUT2D eigenvalue weighted by Gasteiger charge is 2.35. The third-order valence-electron chi connectivity index (χ3n) is 4.84. The lowest BCUT2D eigenvalue weighted by Gasteiger charge is -2.10. The number of carbonyl (C=O) groups is 3. The van der Waals surface area contributed by atoms with Gasteiger partial charge >= 0.3 is 0 Å². The molecule has 8 heteroatoms. The second-order valence-corrected chi connectivity index (χ2v) is 7.04. The van der Waals surface area contributed by atoms with Gasteiger partial charge in [-0.1, -0.05) is 6.07 Å². The Morgan fingerprint density at radius 3 is 2.53 bits per heavy atom. The number of nitrogens with zero attached hydrogens (tertiary/aromatic N) is 3. The van der Waals surface area contributed by atoms with Gasteiger partial charge in [-0.15, -0.1) is 0 Å². The molecular weight excluding hydrogens is 387 g/mol. The second-order valence-electron chi connectivity index (χ2n) is 7.04. The van der Waals surface area contributed by atoms with Crippen LogP contribution in [0.3, 0.4) is 0 Å². The maximum Gasteiger partial charge on any atom is 0.261 e. The molecule has 0 saturated heterocycles.